The number of benzene rings is 1. The van der Waals surface area contributed by atoms with E-state index >= 15 is 0 Å². The first-order valence-corrected chi connectivity index (χ1v) is 8.91. The van der Waals surface area contributed by atoms with Crippen molar-refractivity contribution in [3.8, 4) is 11.5 Å². The van der Waals surface area contributed by atoms with Gasteiger partial charge < -0.3 is 24.4 Å². The highest BCUT2D eigenvalue weighted by Gasteiger charge is 2.20. The summed E-state index contributed by atoms with van der Waals surface area (Å²) < 4.78 is 15.9. The minimum atomic E-state index is -0.596. The smallest absolute Gasteiger partial charge is 0.408 e. The number of ether oxygens (including phenoxy) is 3. The molecule has 26 heavy (non-hydrogen) atoms. The molecule has 7 nitrogen and oxygen atoms in total. The van der Waals surface area contributed by atoms with Crippen molar-refractivity contribution in [2.45, 2.75) is 52.7 Å². The average molecular weight is 364 g/mol. The van der Waals surface area contributed by atoms with Crippen LogP contribution in [0.3, 0.4) is 0 Å². The normalized spacial score (nSPS) is 12.6. The predicted molar refractivity (Wildman–Crippen MR) is 97.1 cm³/mol. The number of nitrogens with one attached hydrogen (secondary N) is 1. The molecule has 0 bridgehead atoms. The third-order valence-corrected chi connectivity index (χ3v) is 3.73. The van der Waals surface area contributed by atoms with Gasteiger partial charge in [0.1, 0.15) is 12.1 Å². The molecule has 1 aromatic carbocycles. The molecule has 0 spiro atoms. The fourth-order valence-corrected chi connectivity index (χ4v) is 2.47. The van der Waals surface area contributed by atoms with Crippen LogP contribution in [0.2, 0.25) is 0 Å². The monoisotopic (exact) mass is 364 g/mol. The Labute approximate surface area is 154 Å². The van der Waals surface area contributed by atoms with E-state index in [-0.39, 0.29) is 19.2 Å². The van der Waals surface area contributed by atoms with E-state index in [1.165, 1.54) is 0 Å². The van der Waals surface area contributed by atoms with Crippen LogP contribution >= 0.6 is 0 Å². The van der Waals surface area contributed by atoms with Crippen LogP contribution in [-0.2, 0) is 16.1 Å². The van der Waals surface area contributed by atoms with E-state index in [0.717, 1.165) is 18.4 Å². The summed E-state index contributed by atoms with van der Waals surface area (Å²) in [4.78, 5) is 26.0. The number of amides is 2. The van der Waals surface area contributed by atoms with Crippen LogP contribution in [-0.4, -0.2) is 42.4 Å². The first kappa shape index (κ1) is 19.9. The molecule has 1 aliphatic rings. The number of carbonyl (C=O) groups is 2. The lowest BCUT2D eigenvalue weighted by atomic mass is 10.1. The van der Waals surface area contributed by atoms with Crippen molar-refractivity contribution in [2.75, 3.05) is 19.9 Å². The number of unbranched alkanes of at least 4 members (excludes halogenated alkanes) is 1. The second-order valence-electron chi connectivity index (χ2n) is 7.21. The molecule has 0 radical (unpaired) electrons. The van der Waals surface area contributed by atoms with Crippen molar-refractivity contribution in [1.82, 2.24) is 10.2 Å². The van der Waals surface area contributed by atoms with Gasteiger partial charge in [-0.1, -0.05) is 19.4 Å². The fraction of sp³-hybridized carbons (Fsp3) is 0.579. The Kier molecular flexibility index (Phi) is 6.71. The highest BCUT2D eigenvalue weighted by atomic mass is 16.7. The van der Waals surface area contributed by atoms with E-state index in [1.807, 2.05) is 18.2 Å². The molecule has 1 N–H and O–H groups in total. The van der Waals surface area contributed by atoms with Gasteiger partial charge in [0.05, 0.1) is 0 Å². The zero-order valence-corrected chi connectivity index (χ0v) is 16.0. The van der Waals surface area contributed by atoms with Crippen LogP contribution in [0.4, 0.5) is 4.79 Å². The van der Waals surface area contributed by atoms with Gasteiger partial charge in [-0.05, 0) is 44.9 Å². The molecule has 144 valence electrons. The van der Waals surface area contributed by atoms with Crippen molar-refractivity contribution in [1.29, 1.82) is 0 Å². The Morgan fingerprint density at radius 1 is 1.23 bits per heavy atom. The third-order valence-electron chi connectivity index (χ3n) is 3.73. The summed E-state index contributed by atoms with van der Waals surface area (Å²) in [5.74, 6) is 1.26. The van der Waals surface area contributed by atoms with Gasteiger partial charge >= 0.3 is 6.09 Å². The maximum atomic E-state index is 12.6. The molecule has 2 amide bonds. The summed E-state index contributed by atoms with van der Waals surface area (Å²) in [6.07, 6.45) is 1.28. The van der Waals surface area contributed by atoms with Gasteiger partial charge in [-0.25, -0.2) is 4.79 Å². The second-order valence-corrected chi connectivity index (χ2v) is 7.21. The van der Waals surface area contributed by atoms with E-state index in [2.05, 4.69) is 12.2 Å². The van der Waals surface area contributed by atoms with E-state index in [9.17, 15) is 9.59 Å². The number of carbonyl (C=O) groups excluding carboxylic acids is 2. The standard InChI is InChI=1S/C19H28N2O5/c1-5-6-9-21(17(22)11-20-18(23)26-19(2,3)4)12-14-7-8-15-16(10-14)25-13-24-15/h7-8,10H,5-6,9,11-13H2,1-4H3,(H,20,23). The molecule has 0 aliphatic carbocycles. The van der Waals surface area contributed by atoms with Gasteiger partial charge in [0.15, 0.2) is 11.5 Å². The lowest BCUT2D eigenvalue weighted by Gasteiger charge is -2.24. The molecular formula is C19H28N2O5. The molecule has 0 aromatic heterocycles. The highest BCUT2D eigenvalue weighted by molar-refractivity contribution is 5.82. The van der Waals surface area contributed by atoms with Crippen LogP contribution in [0.5, 0.6) is 11.5 Å². The van der Waals surface area contributed by atoms with Crippen LogP contribution in [0.25, 0.3) is 0 Å². The van der Waals surface area contributed by atoms with E-state index in [1.54, 1.807) is 25.7 Å². The molecule has 1 heterocycles. The SMILES string of the molecule is CCCCN(Cc1ccc2c(c1)OCO2)C(=O)CNC(=O)OC(C)(C)C. The summed E-state index contributed by atoms with van der Waals surface area (Å²) in [5.41, 5.74) is 0.359. The second kappa shape index (κ2) is 8.78. The minimum Gasteiger partial charge on any atom is -0.454 e. The van der Waals surface area contributed by atoms with Crippen LogP contribution in [0.15, 0.2) is 18.2 Å². The largest absolute Gasteiger partial charge is 0.454 e. The molecule has 0 atom stereocenters. The summed E-state index contributed by atoms with van der Waals surface area (Å²) in [6.45, 7) is 8.61. The van der Waals surface area contributed by atoms with Crippen molar-refractivity contribution in [2.24, 2.45) is 0 Å². The van der Waals surface area contributed by atoms with Crippen LogP contribution in [0, 0.1) is 0 Å². The van der Waals surface area contributed by atoms with Crippen molar-refractivity contribution in [3.63, 3.8) is 0 Å². The van der Waals surface area contributed by atoms with Gasteiger partial charge in [0.2, 0.25) is 12.7 Å². The van der Waals surface area contributed by atoms with Crippen molar-refractivity contribution < 1.29 is 23.8 Å². The number of alkyl carbamates (subject to hydrolysis) is 1. The van der Waals surface area contributed by atoms with Crippen molar-refractivity contribution in [3.05, 3.63) is 23.8 Å². The summed E-state index contributed by atoms with van der Waals surface area (Å²) in [6, 6.07) is 5.65. The quantitative estimate of drug-likeness (QED) is 0.805. The summed E-state index contributed by atoms with van der Waals surface area (Å²) in [7, 11) is 0. The van der Waals surface area contributed by atoms with Gasteiger partial charge in [-0.3, -0.25) is 4.79 Å². The van der Waals surface area contributed by atoms with Gasteiger partial charge in [-0.2, -0.15) is 0 Å². The molecule has 0 unspecified atom stereocenters. The number of hydrogen-bond donors (Lipinski definition) is 1. The Bertz CT molecular complexity index is 639. The molecule has 0 saturated heterocycles. The lowest BCUT2D eigenvalue weighted by Crippen LogP contribution is -2.42. The molecular weight excluding hydrogens is 336 g/mol. The predicted octanol–water partition coefficient (Wildman–Crippen LogP) is 3.07. The fourth-order valence-electron chi connectivity index (χ4n) is 2.47. The van der Waals surface area contributed by atoms with E-state index in [4.69, 9.17) is 14.2 Å². The maximum Gasteiger partial charge on any atom is 0.408 e. The number of nitrogens with zero attached hydrogens (tertiary/aromatic N) is 1. The maximum absolute atomic E-state index is 12.6. The van der Waals surface area contributed by atoms with Crippen molar-refractivity contribution >= 4 is 12.0 Å². The lowest BCUT2D eigenvalue weighted by molar-refractivity contribution is -0.131. The Hall–Kier alpha value is -2.44. The number of hydrogen-bond acceptors (Lipinski definition) is 5. The number of rotatable bonds is 7. The summed E-state index contributed by atoms with van der Waals surface area (Å²) >= 11 is 0. The Morgan fingerprint density at radius 3 is 2.65 bits per heavy atom. The average Bonchev–Trinajstić information content (AvgIpc) is 3.02. The molecule has 1 aromatic rings. The molecule has 2 rings (SSSR count). The minimum absolute atomic E-state index is 0.0941. The first-order chi connectivity index (χ1) is 12.3. The van der Waals surface area contributed by atoms with Gasteiger partial charge in [0.25, 0.3) is 0 Å². The zero-order chi connectivity index (χ0) is 19.2. The molecule has 7 heteroatoms. The van der Waals surface area contributed by atoms with E-state index in [0.29, 0.717) is 24.6 Å². The van der Waals surface area contributed by atoms with Crippen LogP contribution in [0.1, 0.15) is 46.1 Å². The van der Waals surface area contributed by atoms with E-state index < -0.39 is 11.7 Å². The molecule has 0 fully saturated rings. The first-order valence-electron chi connectivity index (χ1n) is 8.91. The summed E-state index contributed by atoms with van der Waals surface area (Å²) in [5, 5.41) is 2.53. The number of fused-ring (bicyclic) bond motifs is 1. The zero-order valence-electron chi connectivity index (χ0n) is 16.0. The molecule has 1 aliphatic heterocycles. The van der Waals surface area contributed by atoms with Gasteiger partial charge in [0, 0.05) is 13.1 Å². The Balaban J connectivity index is 1.95. The van der Waals surface area contributed by atoms with Crippen LogP contribution < -0.4 is 14.8 Å². The molecule has 0 saturated carbocycles. The topological polar surface area (TPSA) is 77.1 Å². The Morgan fingerprint density at radius 2 is 1.96 bits per heavy atom. The van der Waals surface area contributed by atoms with Gasteiger partial charge in [-0.15, -0.1) is 0 Å². The highest BCUT2D eigenvalue weighted by Crippen LogP contribution is 2.32. The third kappa shape index (κ3) is 6.13.